The fraction of sp³-hybridized carbons (Fsp3) is 0.562. The molecule has 1 saturated heterocycles. The smallest absolute Gasteiger partial charge is 0.257 e. The predicted molar refractivity (Wildman–Crippen MR) is 80.0 cm³/mol. The molecule has 1 aromatic rings. The van der Waals surface area contributed by atoms with Crippen LogP contribution in [0.1, 0.15) is 30.1 Å². The molecule has 1 unspecified atom stereocenters. The molecule has 1 fully saturated rings. The van der Waals surface area contributed by atoms with E-state index >= 15 is 0 Å². The number of para-hydroxylation sites is 1. The van der Waals surface area contributed by atoms with Gasteiger partial charge in [0.1, 0.15) is 13.2 Å². The Balaban J connectivity index is 1.79. The highest BCUT2D eigenvalue weighted by molar-refractivity contribution is 5.97. The SMILES string of the molecule is CCN(CC1CCCN1)C(=O)c1cccc2c1OCCO2. The summed E-state index contributed by atoms with van der Waals surface area (Å²) >= 11 is 0. The van der Waals surface area contributed by atoms with Gasteiger partial charge in [0.15, 0.2) is 11.5 Å². The number of carbonyl (C=O) groups excluding carboxylic acids is 1. The van der Waals surface area contributed by atoms with Gasteiger partial charge in [0.2, 0.25) is 0 Å². The van der Waals surface area contributed by atoms with Gasteiger partial charge in [-0.2, -0.15) is 0 Å². The van der Waals surface area contributed by atoms with Crippen LogP contribution >= 0.6 is 0 Å². The standard InChI is InChI=1S/C16H22N2O3/c1-2-18(11-12-5-4-8-17-12)16(19)13-6-3-7-14-15(13)21-10-9-20-14/h3,6-7,12,17H,2,4-5,8-11H2,1H3. The zero-order valence-corrected chi connectivity index (χ0v) is 12.4. The highest BCUT2D eigenvalue weighted by atomic mass is 16.6. The van der Waals surface area contributed by atoms with E-state index < -0.39 is 0 Å². The number of fused-ring (bicyclic) bond motifs is 1. The van der Waals surface area contributed by atoms with Crippen molar-refractivity contribution in [2.24, 2.45) is 0 Å². The van der Waals surface area contributed by atoms with Crippen molar-refractivity contribution in [2.75, 3.05) is 32.8 Å². The molecule has 5 nitrogen and oxygen atoms in total. The summed E-state index contributed by atoms with van der Waals surface area (Å²) in [6, 6.07) is 5.92. The van der Waals surface area contributed by atoms with E-state index in [0.717, 1.165) is 19.5 Å². The number of amides is 1. The number of hydrogen-bond donors (Lipinski definition) is 1. The van der Waals surface area contributed by atoms with Crippen molar-refractivity contribution in [3.63, 3.8) is 0 Å². The molecule has 0 spiro atoms. The van der Waals surface area contributed by atoms with Crippen molar-refractivity contribution in [3.05, 3.63) is 23.8 Å². The van der Waals surface area contributed by atoms with Gasteiger partial charge >= 0.3 is 0 Å². The van der Waals surface area contributed by atoms with Crippen LogP contribution in [0.4, 0.5) is 0 Å². The molecule has 2 aliphatic heterocycles. The van der Waals surface area contributed by atoms with Crippen LogP contribution in [0.3, 0.4) is 0 Å². The molecule has 0 saturated carbocycles. The molecule has 1 atom stereocenters. The maximum Gasteiger partial charge on any atom is 0.257 e. The van der Waals surface area contributed by atoms with Crippen molar-refractivity contribution < 1.29 is 14.3 Å². The molecule has 0 bridgehead atoms. The Kier molecular flexibility index (Phi) is 4.29. The van der Waals surface area contributed by atoms with Crippen LogP contribution in [-0.2, 0) is 0 Å². The van der Waals surface area contributed by atoms with Gasteiger partial charge in [-0.25, -0.2) is 0 Å². The summed E-state index contributed by atoms with van der Waals surface area (Å²) in [6.45, 7) is 5.54. The van der Waals surface area contributed by atoms with E-state index in [1.165, 1.54) is 6.42 Å². The van der Waals surface area contributed by atoms with Crippen molar-refractivity contribution in [1.82, 2.24) is 10.2 Å². The summed E-state index contributed by atoms with van der Waals surface area (Å²) < 4.78 is 11.2. The molecule has 1 aromatic carbocycles. The predicted octanol–water partition coefficient (Wildman–Crippen LogP) is 1.67. The topological polar surface area (TPSA) is 50.8 Å². The molecule has 21 heavy (non-hydrogen) atoms. The molecule has 2 aliphatic rings. The number of hydrogen-bond acceptors (Lipinski definition) is 4. The van der Waals surface area contributed by atoms with Gasteiger partial charge in [-0.1, -0.05) is 6.07 Å². The van der Waals surface area contributed by atoms with Crippen LogP contribution in [0.5, 0.6) is 11.5 Å². The molecule has 5 heteroatoms. The van der Waals surface area contributed by atoms with Crippen LogP contribution in [-0.4, -0.2) is 49.7 Å². The lowest BCUT2D eigenvalue weighted by molar-refractivity contribution is 0.0741. The summed E-state index contributed by atoms with van der Waals surface area (Å²) in [4.78, 5) is 14.7. The Labute approximate surface area is 125 Å². The summed E-state index contributed by atoms with van der Waals surface area (Å²) in [7, 11) is 0. The van der Waals surface area contributed by atoms with Crippen molar-refractivity contribution >= 4 is 5.91 Å². The van der Waals surface area contributed by atoms with Gasteiger partial charge in [0.05, 0.1) is 5.56 Å². The normalized spacial score (nSPS) is 20.3. The maximum atomic E-state index is 12.8. The van der Waals surface area contributed by atoms with Crippen molar-refractivity contribution in [2.45, 2.75) is 25.8 Å². The zero-order chi connectivity index (χ0) is 14.7. The Morgan fingerprint density at radius 1 is 1.38 bits per heavy atom. The average molecular weight is 290 g/mol. The first kappa shape index (κ1) is 14.2. The van der Waals surface area contributed by atoms with Gasteiger partial charge in [-0.05, 0) is 38.4 Å². The third-order valence-corrected chi connectivity index (χ3v) is 4.07. The van der Waals surface area contributed by atoms with Gasteiger partial charge < -0.3 is 19.7 Å². The monoisotopic (exact) mass is 290 g/mol. The van der Waals surface area contributed by atoms with Crippen LogP contribution in [0.25, 0.3) is 0 Å². The van der Waals surface area contributed by atoms with Crippen molar-refractivity contribution in [3.8, 4) is 11.5 Å². The van der Waals surface area contributed by atoms with Gasteiger partial charge in [0.25, 0.3) is 5.91 Å². The van der Waals surface area contributed by atoms with Crippen molar-refractivity contribution in [1.29, 1.82) is 0 Å². The summed E-state index contributed by atoms with van der Waals surface area (Å²) in [5.41, 5.74) is 0.604. The minimum Gasteiger partial charge on any atom is -0.486 e. The van der Waals surface area contributed by atoms with E-state index in [-0.39, 0.29) is 5.91 Å². The van der Waals surface area contributed by atoms with Gasteiger partial charge in [-0.3, -0.25) is 4.79 Å². The Morgan fingerprint density at radius 2 is 2.24 bits per heavy atom. The fourth-order valence-electron chi connectivity index (χ4n) is 2.95. The highest BCUT2D eigenvalue weighted by Gasteiger charge is 2.26. The lowest BCUT2D eigenvalue weighted by atomic mass is 10.1. The highest BCUT2D eigenvalue weighted by Crippen LogP contribution is 2.34. The molecule has 2 heterocycles. The molecule has 114 valence electrons. The average Bonchev–Trinajstić information content (AvgIpc) is 3.04. The molecule has 0 radical (unpaired) electrons. The zero-order valence-electron chi connectivity index (χ0n) is 12.4. The lowest BCUT2D eigenvalue weighted by Crippen LogP contribution is -2.41. The molecule has 0 aromatic heterocycles. The maximum absolute atomic E-state index is 12.8. The largest absolute Gasteiger partial charge is 0.486 e. The number of ether oxygens (including phenoxy) is 2. The molecule has 3 rings (SSSR count). The van der Waals surface area contributed by atoms with E-state index in [1.807, 2.05) is 30.0 Å². The lowest BCUT2D eigenvalue weighted by Gasteiger charge is -2.27. The first-order valence-corrected chi connectivity index (χ1v) is 7.71. The number of likely N-dealkylation sites (N-methyl/N-ethyl adjacent to an activating group) is 1. The quantitative estimate of drug-likeness (QED) is 0.916. The first-order valence-electron chi connectivity index (χ1n) is 7.71. The van der Waals surface area contributed by atoms with E-state index in [2.05, 4.69) is 5.32 Å². The van der Waals surface area contributed by atoms with E-state index in [4.69, 9.17) is 9.47 Å². The van der Waals surface area contributed by atoms with E-state index in [0.29, 0.717) is 42.9 Å². The number of nitrogens with zero attached hydrogens (tertiary/aromatic N) is 1. The Morgan fingerprint density at radius 3 is 3.00 bits per heavy atom. The minimum absolute atomic E-state index is 0.0218. The Hall–Kier alpha value is -1.75. The third-order valence-electron chi connectivity index (χ3n) is 4.07. The molecular formula is C16H22N2O3. The molecule has 1 amide bonds. The van der Waals surface area contributed by atoms with Crippen LogP contribution in [0.15, 0.2) is 18.2 Å². The van der Waals surface area contributed by atoms with E-state index in [9.17, 15) is 4.79 Å². The summed E-state index contributed by atoms with van der Waals surface area (Å²) in [6.07, 6.45) is 2.32. The molecule has 0 aliphatic carbocycles. The summed E-state index contributed by atoms with van der Waals surface area (Å²) in [5, 5.41) is 3.44. The van der Waals surface area contributed by atoms with Gasteiger partial charge in [0, 0.05) is 19.1 Å². The number of benzene rings is 1. The summed E-state index contributed by atoms with van der Waals surface area (Å²) in [5.74, 6) is 1.28. The van der Waals surface area contributed by atoms with E-state index in [1.54, 1.807) is 0 Å². The minimum atomic E-state index is 0.0218. The third kappa shape index (κ3) is 2.97. The molecular weight excluding hydrogens is 268 g/mol. The second kappa shape index (κ2) is 6.35. The van der Waals surface area contributed by atoms with Crippen LogP contribution in [0.2, 0.25) is 0 Å². The number of rotatable bonds is 4. The second-order valence-electron chi connectivity index (χ2n) is 5.47. The fourth-order valence-corrected chi connectivity index (χ4v) is 2.95. The van der Waals surface area contributed by atoms with Gasteiger partial charge in [-0.15, -0.1) is 0 Å². The van der Waals surface area contributed by atoms with Crippen LogP contribution in [0, 0.1) is 0 Å². The first-order chi connectivity index (χ1) is 10.3. The number of nitrogens with one attached hydrogen (secondary N) is 1. The molecule has 1 N–H and O–H groups in total. The number of carbonyl (C=O) groups is 1. The Bertz CT molecular complexity index is 512. The van der Waals surface area contributed by atoms with Crippen LogP contribution < -0.4 is 14.8 Å². The second-order valence-corrected chi connectivity index (χ2v) is 5.47.